The summed E-state index contributed by atoms with van der Waals surface area (Å²) in [6, 6.07) is 15.5. The lowest BCUT2D eigenvalue weighted by Crippen LogP contribution is -2.39. The molecule has 1 atom stereocenters. The lowest BCUT2D eigenvalue weighted by molar-refractivity contribution is 0.0698. The molecule has 4 aromatic rings. The molecule has 0 N–H and O–H groups in total. The summed E-state index contributed by atoms with van der Waals surface area (Å²) >= 11 is 0. The van der Waals surface area contributed by atoms with Crippen LogP contribution in [0.4, 0.5) is 4.39 Å². The molecule has 0 saturated carbocycles. The van der Waals surface area contributed by atoms with E-state index in [1.54, 1.807) is 11.1 Å². The second kappa shape index (κ2) is 7.67. The summed E-state index contributed by atoms with van der Waals surface area (Å²) in [5.74, 6) is 0.373. The quantitative estimate of drug-likeness (QED) is 0.506. The van der Waals surface area contributed by atoms with Crippen LogP contribution in [0.25, 0.3) is 22.4 Å². The summed E-state index contributed by atoms with van der Waals surface area (Å²) in [5, 5.41) is 10.5. The lowest BCUT2D eigenvalue weighted by atomic mass is 9.97. The third kappa shape index (κ3) is 3.43. The highest BCUT2D eigenvalue weighted by Gasteiger charge is 2.29. The maximum absolute atomic E-state index is 13.2. The number of nitrogens with zero attached hydrogens (tertiary/aromatic N) is 4. The zero-order valence-electron chi connectivity index (χ0n) is 16.2. The third-order valence-corrected chi connectivity index (χ3v) is 5.47. The van der Waals surface area contributed by atoms with Crippen LogP contribution in [-0.2, 0) is 0 Å². The molecule has 7 heteroatoms. The predicted molar refractivity (Wildman–Crippen MR) is 109 cm³/mol. The Hall–Kier alpha value is -3.61. The predicted octanol–water partition coefficient (Wildman–Crippen LogP) is 4.44. The summed E-state index contributed by atoms with van der Waals surface area (Å²) in [6.07, 6.45) is 3.42. The van der Waals surface area contributed by atoms with Gasteiger partial charge in [0.2, 0.25) is 5.89 Å². The molecule has 1 fully saturated rings. The molecule has 150 valence electrons. The number of rotatable bonds is 3. The number of halogens is 1. The number of carbonyl (C=O) groups is 1. The minimum Gasteiger partial charge on any atom is -0.419 e. The fourth-order valence-corrected chi connectivity index (χ4v) is 3.92. The van der Waals surface area contributed by atoms with Gasteiger partial charge in [-0.3, -0.25) is 9.78 Å². The first-order chi connectivity index (χ1) is 14.7. The maximum Gasteiger partial charge on any atom is 0.266 e. The van der Waals surface area contributed by atoms with Crippen LogP contribution in [0.3, 0.4) is 0 Å². The Morgan fingerprint density at radius 3 is 2.77 bits per heavy atom. The van der Waals surface area contributed by atoms with Crippen molar-refractivity contribution in [1.82, 2.24) is 20.1 Å². The van der Waals surface area contributed by atoms with Crippen LogP contribution in [0.1, 0.15) is 35.0 Å². The van der Waals surface area contributed by atoms with E-state index in [2.05, 4.69) is 15.2 Å². The highest BCUT2D eigenvalue weighted by Crippen LogP contribution is 2.31. The number of benzene rings is 2. The van der Waals surface area contributed by atoms with E-state index in [0.29, 0.717) is 36.1 Å². The Morgan fingerprint density at radius 2 is 1.90 bits per heavy atom. The van der Waals surface area contributed by atoms with E-state index in [4.69, 9.17) is 4.42 Å². The molecular weight excluding hydrogens is 383 g/mol. The Balaban J connectivity index is 1.38. The van der Waals surface area contributed by atoms with Gasteiger partial charge < -0.3 is 9.32 Å². The van der Waals surface area contributed by atoms with Crippen LogP contribution < -0.4 is 0 Å². The van der Waals surface area contributed by atoms with E-state index in [1.807, 2.05) is 30.3 Å². The minimum absolute atomic E-state index is 0.0422. The van der Waals surface area contributed by atoms with E-state index < -0.39 is 0 Å². The largest absolute Gasteiger partial charge is 0.419 e. The standard InChI is InChI=1S/C23H19FN4O2/c24-18-9-7-16(8-10-18)23(29)28-13-3-5-17(14-28)21-26-27-22(30-21)20-19-6-2-1-4-15(19)11-12-25-20/h1-2,4,6-12,17H,3,5,13-14H2/t17-/m0/s1. The summed E-state index contributed by atoms with van der Waals surface area (Å²) in [6.45, 7) is 1.14. The third-order valence-electron chi connectivity index (χ3n) is 5.47. The van der Waals surface area contributed by atoms with Crippen molar-refractivity contribution in [3.8, 4) is 11.6 Å². The van der Waals surface area contributed by atoms with Crippen LogP contribution in [0.5, 0.6) is 0 Å². The maximum atomic E-state index is 13.2. The van der Waals surface area contributed by atoms with Crippen LogP contribution >= 0.6 is 0 Å². The molecule has 1 aliphatic rings. The number of fused-ring (bicyclic) bond motifs is 1. The average molecular weight is 402 g/mol. The van der Waals surface area contributed by atoms with E-state index in [1.165, 1.54) is 24.3 Å². The van der Waals surface area contributed by atoms with Gasteiger partial charge in [-0.25, -0.2) is 4.39 Å². The van der Waals surface area contributed by atoms with Crippen molar-refractivity contribution in [3.63, 3.8) is 0 Å². The molecular formula is C23H19FN4O2. The fourth-order valence-electron chi connectivity index (χ4n) is 3.92. The van der Waals surface area contributed by atoms with Gasteiger partial charge in [-0.1, -0.05) is 24.3 Å². The molecule has 30 heavy (non-hydrogen) atoms. The Labute approximate surface area is 172 Å². The van der Waals surface area contributed by atoms with Crippen molar-refractivity contribution < 1.29 is 13.6 Å². The smallest absolute Gasteiger partial charge is 0.266 e. The highest BCUT2D eigenvalue weighted by molar-refractivity contribution is 5.94. The Kier molecular flexibility index (Phi) is 4.71. The Bertz CT molecular complexity index is 1200. The molecule has 3 heterocycles. The van der Waals surface area contributed by atoms with E-state index in [0.717, 1.165) is 23.6 Å². The average Bonchev–Trinajstić information content (AvgIpc) is 3.29. The van der Waals surface area contributed by atoms with E-state index in [-0.39, 0.29) is 17.6 Å². The minimum atomic E-state index is -0.358. The van der Waals surface area contributed by atoms with Crippen molar-refractivity contribution in [1.29, 1.82) is 0 Å². The molecule has 1 saturated heterocycles. The normalized spacial score (nSPS) is 16.7. The number of carbonyl (C=O) groups excluding carboxylic acids is 1. The molecule has 0 aliphatic carbocycles. The molecule has 5 rings (SSSR count). The SMILES string of the molecule is O=C(c1ccc(F)cc1)N1CCC[C@H](c2nnc(-c3nccc4ccccc34)o2)C1. The van der Waals surface area contributed by atoms with E-state index >= 15 is 0 Å². The van der Waals surface area contributed by atoms with Crippen molar-refractivity contribution >= 4 is 16.7 Å². The molecule has 0 unspecified atom stereocenters. The zero-order valence-corrected chi connectivity index (χ0v) is 16.2. The van der Waals surface area contributed by atoms with Gasteiger partial charge in [0.15, 0.2) is 0 Å². The van der Waals surface area contributed by atoms with Gasteiger partial charge in [-0.2, -0.15) is 0 Å². The number of hydrogen-bond donors (Lipinski definition) is 0. The molecule has 2 aromatic carbocycles. The van der Waals surface area contributed by atoms with Gasteiger partial charge >= 0.3 is 0 Å². The van der Waals surface area contributed by atoms with Crippen LogP contribution in [0, 0.1) is 5.82 Å². The second-order valence-corrected chi connectivity index (χ2v) is 7.42. The van der Waals surface area contributed by atoms with Gasteiger partial charge in [0.05, 0.1) is 5.92 Å². The van der Waals surface area contributed by atoms with Gasteiger partial charge in [0.1, 0.15) is 11.5 Å². The van der Waals surface area contributed by atoms with Crippen LogP contribution in [0.15, 0.2) is 65.2 Å². The van der Waals surface area contributed by atoms with Gasteiger partial charge in [-0.05, 0) is 48.6 Å². The molecule has 0 bridgehead atoms. The van der Waals surface area contributed by atoms with Crippen molar-refractivity contribution in [2.24, 2.45) is 0 Å². The highest BCUT2D eigenvalue weighted by atomic mass is 19.1. The molecule has 6 nitrogen and oxygen atoms in total. The fraction of sp³-hybridized carbons (Fsp3) is 0.217. The molecule has 1 aliphatic heterocycles. The number of piperidine rings is 1. The summed E-state index contributed by atoms with van der Waals surface area (Å²) in [5.41, 5.74) is 1.13. The van der Waals surface area contributed by atoms with Crippen molar-refractivity contribution in [2.45, 2.75) is 18.8 Å². The summed E-state index contributed by atoms with van der Waals surface area (Å²) < 4.78 is 19.2. The van der Waals surface area contributed by atoms with Crippen molar-refractivity contribution in [2.75, 3.05) is 13.1 Å². The first-order valence-corrected chi connectivity index (χ1v) is 9.91. The molecule has 1 amide bonds. The monoisotopic (exact) mass is 402 g/mol. The molecule has 2 aromatic heterocycles. The lowest BCUT2D eigenvalue weighted by Gasteiger charge is -2.31. The number of aromatic nitrogens is 3. The van der Waals surface area contributed by atoms with Crippen LogP contribution in [0.2, 0.25) is 0 Å². The molecule has 0 radical (unpaired) electrons. The number of likely N-dealkylation sites (tertiary alicyclic amines) is 1. The summed E-state index contributed by atoms with van der Waals surface area (Å²) in [7, 11) is 0. The topological polar surface area (TPSA) is 72.1 Å². The van der Waals surface area contributed by atoms with E-state index in [9.17, 15) is 9.18 Å². The van der Waals surface area contributed by atoms with Gasteiger partial charge in [-0.15, -0.1) is 10.2 Å². The zero-order chi connectivity index (χ0) is 20.5. The van der Waals surface area contributed by atoms with Gasteiger partial charge in [0, 0.05) is 30.2 Å². The number of hydrogen-bond acceptors (Lipinski definition) is 5. The summed E-state index contributed by atoms with van der Waals surface area (Å²) in [4.78, 5) is 19.0. The van der Waals surface area contributed by atoms with Crippen LogP contribution in [-0.4, -0.2) is 39.1 Å². The first kappa shape index (κ1) is 18.4. The van der Waals surface area contributed by atoms with Gasteiger partial charge in [0.25, 0.3) is 11.8 Å². The first-order valence-electron chi connectivity index (χ1n) is 9.91. The van der Waals surface area contributed by atoms with Crippen molar-refractivity contribution in [3.05, 3.63) is 78.1 Å². The molecule has 0 spiro atoms. The Morgan fingerprint density at radius 1 is 1.07 bits per heavy atom. The second-order valence-electron chi connectivity index (χ2n) is 7.42. The number of amides is 1. The number of pyridine rings is 1.